The van der Waals surface area contributed by atoms with Crippen molar-refractivity contribution >= 4 is 13.3 Å². The van der Waals surface area contributed by atoms with Crippen molar-refractivity contribution in [3.8, 4) is 0 Å². The highest BCUT2D eigenvalue weighted by Crippen LogP contribution is 2.21. The molecule has 1 rings (SSSR count). The third-order valence-electron chi connectivity index (χ3n) is 4.67. The predicted molar refractivity (Wildman–Crippen MR) is 110 cm³/mol. The van der Waals surface area contributed by atoms with Crippen molar-refractivity contribution in [2.24, 2.45) is 0 Å². The Morgan fingerprint density at radius 3 is 1.60 bits per heavy atom. The first-order chi connectivity index (χ1) is 12.3. The minimum atomic E-state index is -1.67. The normalized spacial score (nSPS) is 11.6. The molecular formula is C22H38O2P+. The summed E-state index contributed by atoms with van der Waals surface area (Å²) in [5, 5.41) is 0.794. The third kappa shape index (κ3) is 13.2. The summed E-state index contributed by atoms with van der Waals surface area (Å²) in [7, 11) is -1.67. The summed E-state index contributed by atoms with van der Waals surface area (Å²) in [6, 6.07) is 9.46. The first-order valence-electron chi connectivity index (χ1n) is 10.5. The number of unbranched alkanes of at least 4 members (excludes halogenated alkanes) is 13. The van der Waals surface area contributed by atoms with E-state index in [0.29, 0.717) is 6.61 Å². The zero-order valence-electron chi connectivity index (χ0n) is 16.3. The van der Waals surface area contributed by atoms with Crippen LogP contribution in [0.25, 0.3) is 0 Å². The van der Waals surface area contributed by atoms with Crippen LogP contribution in [-0.4, -0.2) is 6.61 Å². The molecule has 0 saturated carbocycles. The van der Waals surface area contributed by atoms with Gasteiger partial charge in [-0.15, -0.1) is 4.52 Å². The second kappa shape index (κ2) is 16.7. The molecule has 1 atom stereocenters. The lowest BCUT2D eigenvalue weighted by Gasteiger charge is -2.02. The predicted octanol–water partition coefficient (Wildman–Crippen LogP) is 7.55. The van der Waals surface area contributed by atoms with E-state index in [1.165, 1.54) is 83.5 Å². The van der Waals surface area contributed by atoms with Crippen LogP contribution in [0.2, 0.25) is 0 Å². The highest BCUT2D eigenvalue weighted by molar-refractivity contribution is 7.48. The largest absolute Gasteiger partial charge is 0.548 e. The number of hydrogen-bond acceptors (Lipinski definition) is 2. The number of hydrogen-bond donors (Lipinski definition) is 0. The highest BCUT2D eigenvalue weighted by Gasteiger charge is 2.20. The van der Waals surface area contributed by atoms with Gasteiger partial charge in [-0.3, -0.25) is 0 Å². The topological polar surface area (TPSA) is 26.3 Å². The van der Waals surface area contributed by atoms with Gasteiger partial charge in [-0.1, -0.05) is 109 Å². The molecule has 0 fully saturated rings. The third-order valence-corrected chi connectivity index (χ3v) is 5.81. The molecule has 0 spiro atoms. The van der Waals surface area contributed by atoms with Gasteiger partial charge in [0.2, 0.25) is 5.30 Å². The fraction of sp³-hybridized carbons (Fsp3) is 0.727. The molecule has 0 aliphatic carbocycles. The molecule has 0 aliphatic heterocycles. The van der Waals surface area contributed by atoms with E-state index in [-0.39, 0.29) is 0 Å². The fourth-order valence-electron chi connectivity index (χ4n) is 3.07. The molecule has 1 aromatic carbocycles. The summed E-state index contributed by atoms with van der Waals surface area (Å²) < 4.78 is 17.3. The Bertz CT molecular complexity index is 419. The summed E-state index contributed by atoms with van der Waals surface area (Å²) in [6.07, 6.45) is 18.9. The van der Waals surface area contributed by atoms with Crippen LogP contribution >= 0.6 is 8.03 Å². The van der Waals surface area contributed by atoms with Crippen LogP contribution in [0.3, 0.4) is 0 Å². The van der Waals surface area contributed by atoms with E-state index in [0.717, 1.165) is 11.7 Å². The summed E-state index contributed by atoms with van der Waals surface area (Å²) in [6.45, 7) is 2.89. The average molecular weight is 366 g/mol. The molecule has 0 amide bonds. The highest BCUT2D eigenvalue weighted by atomic mass is 31.1. The van der Waals surface area contributed by atoms with Gasteiger partial charge < -0.3 is 0 Å². The first-order valence-corrected chi connectivity index (χ1v) is 11.7. The molecule has 3 heteroatoms. The maximum absolute atomic E-state index is 11.9. The maximum Gasteiger partial charge on any atom is 0.548 e. The molecule has 1 aromatic rings. The van der Waals surface area contributed by atoms with Crippen molar-refractivity contribution in [2.45, 2.75) is 96.8 Å². The van der Waals surface area contributed by atoms with Crippen LogP contribution in [0.1, 0.15) is 96.8 Å². The number of benzene rings is 1. The van der Waals surface area contributed by atoms with E-state index < -0.39 is 8.03 Å². The van der Waals surface area contributed by atoms with E-state index in [1.54, 1.807) is 0 Å². The molecule has 0 aliphatic rings. The zero-order valence-corrected chi connectivity index (χ0v) is 17.2. The van der Waals surface area contributed by atoms with Crippen molar-refractivity contribution in [2.75, 3.05) is 6.61 Å². The Hall–Kier alpha value is -0.720. The van der Waals surface area contributed by atoms with Gasteiger partial charge in [-0.05, 0) is 23.1 Å². The Morgan fingerprint density at radius 1 is 0.680 bits per heavy atom. The Balaban J connectivity index is 1.78. The van der Waals surface area contributed by atoms with Crippen molar-refractivity contribution in [3.05, 3.63) is 30.3 Å². The Labute approximate surface area is 156 Å². The van der Waals surface area contributed by atoms with Gasteiger partial charge >= 0.3 is 8.03 Å². The summed E-state index contributed by atoms with van der Waals surface area (Å²) in [5.74, 6) is 0. The van der Waals surface area contributed by atoms with Crippen molar-refractivity contribution in [3.63, 3.8) is 0 Å². The SMILES string of the molecule is CCCCCCCCCCCCCCCCO[P+](=O)c1ccccc1. The summed E-state index contributed by atoms with van der Waals surface area (Å²) >= 11 is 0. The van der Waals surface area contributed by atoms with E-state index >= 15 is 0 Å². The zero-order chi connectivity index (χ0) is 18.0. The van der Waals surface area contributed by atoms with Crippen LogP contribution in [0.15, 0.2) is 30.3 Å². The van der Waals surface area contributed by atoms with Crippen LogP contribution in [-0.2, 0) is 9.09 Å². The quantitative estimate of drug-likeness (QED) is 0.210. The van der Waals surface area contributed by atoms with Gasteiger partial charge in [0, 0.05) is 0 Å². The van der Waals surface area contributed by atoms with E-state index in [9.17, 15) is 4.57 Å². The molecule has 25 heavy (non-hydrogen) atoms. The second-order valence-electron chi connectivity index (χ2n) is 7.02. The minimum absolute atomic E-state index is 0.613. The van der Waals surface area contributed by atoms with Gasteiger partial charge in [0.05, 0.1) is 0 Å². The molecule has 0 bridgehead atoms. The molecular weight excluding hydrogens is 327 g/mol. The van der Waals surface area contributed by atoms with Crippen LogP contribution in [0.5, 0.6) is 0 Å². The summed E-state index contributed by atoms with van der Waals surface area (Å²) in [5.41, 5.74) is 0. The molecule has 142 valence electrons. The van der Waals surface area contributed by atoms with Crippen LogP contribution in [0, 0.1) is 0 Å². The van der Waals surface area contributed by atoms with Gasteiger partial charge in [0.1, 0.15) is 6.61 Å². The Morgan fingerprint density at radius 2 is 1.12 bits per heavy atom. The Kier molecular flexibility index (Phi) is 14.9. The van der Waals surface area contributed by atoms with E-state index in [4.69, 9.17) is 4.52 Å². The van der Waals surface area contributed by atoms with Gasteiger partial charge in [-0.2, -0.15) is 0 Å². The van der Waals surface area contributed by atoms with Crippen molar-refractivity contribution in [1.29, 1.82) is 0 Å². The lowest BCUT2D eigenvalue weighted by atomic mass is 10.0. The molecule has 2 nitrogen and oxygen atoms in total. The molecule has 0 aromatic heterocycles. The molecule has 0 saturated heterocycles. The minimum Gasteiger partial charge on any atom is -0.142 e. The van der Waals surface area contributed by atoms with Gasteiger partial charge in [0.15, 0.2) is 0 Å². The lowest BCUT2D eigenvalue weighted by molar-refractivity contribution is 0.321. The monoisotopic (exact) mass is 365 g/mol. The molecule has 0 heterocycles. The fourth-order valence-corrected chi connectivity index (χ4v) is 3.93. The van der Waals surface area contributed by atoms with Crippen molar-refractivity contribution in [1.82, 2.24) is 0 Å². The molecule has 1 unspecified atom stereocenters. The molecule has 0 radical (unpaired) electrons. The molecule has 0 N–H and O–H groups in total. The van der Waals surface area contributed by atoms with E-state index in [1.807, 2.05) is 30.3 Å². The van der Waals surface area contributed by atoms with Gasteiger partial charge in [-0.25, -0.2) is 0 Å². The van der Waals surface area contributed by atoms with E-state index in [2.05, 4.69) is 6.92 Å². The second-order valence-corrected chi connectivity index (χ2v) is 8.31. The van der Waals surface area contributed by atoms with Gasteiger partial charge in [0.25, 0.3) is 0 Å². The van der Waals surface area contributed by atoms with Crippen LogP contribution < -0.4 is 5.30 Å². The average Bonchev–Trinajstić information content (AvgIpc) is 2.65. The number of rotatable bonds is 17. The smallest absolute Gasteiger partial charge is 0.142 e. The summed E-state index contributed by atoms with van der Waals surface area (Å²) in [4.78, 5) is 0. The van der Waals surface area contributed by atoms with Crippen LogP contribution in [0.4, 0.5) is 0 Å². The standard InChI is InChI=1S/C22H38O2P/c1-2-3-4-5-6-7-8-9-10-11-12-13-14-18-21-24-25(23)22-19-16-15-17-20-22/h15-17,19-20H,2-14,18,21H2,1H3/q+1. The lowest BCUT2D eigenvalue weighted by Crippen LogP contribution is -1.98. The maximum atomic E-state index is 11.9. The van der Waals surface area contributed by atoms with Crippen molar-refractivity contribution < 1.29 is 9.09 Å². The first kappa shape index (κ1) is 22.3.